The summed E-state index contributed by atoms with van der Waals surface area (Å²) in [6.45, 7) is 0. The number of carbonyl (C=O) groups excluding carboxylic acids is 1. The van der Waals surface area contributed by atoms with Crippen LogP contribution in [0.5, 0.6) is 0 Å². The third-order valence-electron chi connectivity index (χ3n) is 0.914. The van der Waals surface area contributed by atoms with Gasteiger partial charge in [0.25, 0.3) is 0 Å². The quantitative estimate of drug-likeness (QED) is 0.496. The van der Waals surface area contributed by atoms with E-state index in [1.54, 1.807) is 5.94 Å². The van der Waals surface area contributed by atoms with Crippen LogP contribution in [0.1, 0.15) is 0 Å². The van der Waals surface area contributed by atoms with Gasteiger partial charge in [-0.25, -0.2) is 4.79 Å². The van der Waals surface area contributed by atoms with E-state index in [0.29, 0.717) is 15.6 Å². The van der Waals surface area contributed by atoms with Gasteiger partial charge in [0.05, 0.1) is 10.6 Å². The number of halogens is 2. The second-order valence-electron chi connectivity index (χ2n) is 1.54. The fraction of sp³-hybridized carbons (Fsp3) is 0. The smallest absolute Gasteiger partial charge is 0.134 e. The monoisotopic (exact) mass is 160 g/mol. The van der Waals surface area contributed by atoms with Crippen LogP contribution in [0.2, 0.25) is 0 Å². The molecule has 1 rings (SSSR count). The van der Waals surface area contributed by atoms with E-state index in [1.807, 2.05) is 0 Å². The molecule has 0 fully saturated rings. The lowest BCUT2D eigenvalue weighted by atomic mass is 10.3. The van der Waals surface area contributed by atoms with Gasteiger partial charge >= 0.3 is 0 Å². The third-order valence-corrected chi connectivity index (χ3v) is 1.45. The van der Waals surface area contributed by atoms with Gasteiger partial charge in [-0.05, 0) is 12.2 Å². The van der Waals surface area contributed by atoms with Gasteiger partial charge in [0.1, 0.15) is 5.94 Å². The Morgan fingerprint density at radius 3 is 2.22 bits per heavy atom. The molecular formula is C6H2Cl2O. The van der Waals surface area contributed by atoms with E-state index in [4.69, 9.17) is 23.2 Å². The molecule has 46 valence electrons. The van der Waals surface area contributed by atoms with Gasteiger partial charge in [0.15, 0.2) is 0 Å². The Hall–Kier alpha value is -0.490. The fourth-order valence-electron chi connectivity index (χ4n) is 0.526. The van der Waals surface area contributed by atoms with Crippen LogP contribution in [-0.4, -0.2) is 5.94 Å². The molecule has 0 aromatic rings. The van der Waals surface area contributed by atoms with E-state index in [-0.39, 0.29) is 0 Å². The Kier molecular flexibility index (Phi) is 1.77. The zero-order valence-corrected chi connectivity index (χ0v) is 5.83. The molecule has 3 heteroatoms. The average molecular weight is 161 g/mol. The molecule has 0 spiro atoms. The van der Waals surface area contributed by atoms with Crippen molar-refractivity contribution >= 4 is 29.1 Å². The van der Waals surface area contributed by atoms with E-state index in [9.17, 15) is 4.79 Å². The van der Waals surface area contributed by atoms with Crippen LogP contribution < -0.4 is 0 Å². The van der Waals surface area contributed by atoms with Crippen LogP contribution in [0, 0.1) is 0 Å². The van der Waals surface area contributed by atoms with Gasteiger partial charge < -0.3 is 0 Å². The molecule has 0 unspecified atom stereocenters. The van der Waals surface area contributed by atoms with Crippen molar-refractivity contribution in [1.29, 1.82) is 0 Å². The van der Waals surface area contributed by atoms with E-state index in [1.165, 1.54) is 12.2 Å². The van der Waals surface area contributed by atoms with Gasteiger partial charge in [-0.15, -0.1) is 0 Å². The van der Waals surface area contributed by atoms with Crippen LogP contribution in [-0.2, 0) is 4.79 Å². The maximum Gasteiger partial charge on any atom is 0.134 e. The van der Waals surface area contributed by atoms with Crippen molar-refractivity contribution in [3.05, 3.63) is 27.8 Å². The van der Waals surface area contributed by atoms with Crippen molar-refractivity contribution < 1.29 is 4.79 Å². The van der Waals surface area contributed by atoms with E-state index in [0.717, 1.165) is 0 Å². The first-order valence-electron chi connectivity index (χ1n) is 2.24. The molecule has 0 radical (unpaired) electrons. The molecule has 1 aliphatic carbocycles. The summed E-state index contributed by atoms with van der Waals surface area (Å²) in [6, 6.07) is 0. The SMILES string of the molecule is O=C=C1C=C(Cl)C=C1Cl. The first-order chi connectivity index (χ1) is 4.24. The summed E-state index contributed by atoms with van der Waals surface area (Å²) in [5, 5.41) is 0.827. The molecule has 9 heavy (non-hydrogen) atoms. The van der Waals surface area contributed by atoms with Crippen LogP contribution in [0.3, 0.4) is 0 Å². The van der Waals surface area contributed by atoms with E-state index >= 15 is 0 Å². The van der Waals surface area contributed by atoms with Crippen molar-refractivity contribution in [1.82, 2.24) is 0 Å². The van der Waals surface area contributed by atoms with Gasteiger partial charge in [0.2, 0.25) is 0 Å². The van der Waals surface area contributed by atoms with E-state index in [2.05, 4.69) is 0 Å². The zero-order chi connectivity index (χ0) is 6.85. The normalized spacial score (nSPS) is 16.9. The van der Waals surface area contributed by atoms with Crippen molar-refractivity contribution in [3.63, 3.8) is 0 Å². The van der Waals surface area contributed by atoms with Gasteiger partial charge in [0, 0.05) is 5.03 Å². The summed E-state index contributed by atoms with van der Waals surface area (Å²) >= 11 is 11.0. The standard InChI is InChI=1S/C6H2Cl2O/c7-5-1-4(3-9)6(8)2-5/h1-2H. The fourth-order valence-corrected chi connectivity index (χ4v) is 1.01. The molecule has 0 saturated heterocycles. The molecular weight excluding hydrogens is 159 g/mol. The van der Waals surface area contributed by atoms with Gasteiger partial charge in [-0.3, -0.25) is 0 Å². The molecule has 0 amide bonds. The highest BCUT2D eigenvalue weighted by atomic mass is 35.5. The van der Waals surface area contributed by atoms with Crippen LogP contribution >= 0.6 is 23.2 Å². The second-order valence-corrected chi connectivity index (χ2v) is 2.38. The maximum absolute atomic E-state index is 9.97. The highest BCUT2D eigenvalue weighted by molar-refractivity contribution is 6.38. The van der Waals surface area contributed by atoms with Gasteiger partial charge in [-0.1, -0.05) is 23.2 Å². The minimum atomic E-state index is 0.321. The number of hydrogen-bond donors (Lipinski definition) is 0. The third kappa shape index (κ3) is 1.25. The maximum atomic E-state index is 9.97. The molecule has 0 aliphatic heterocycles. The predicted molar refractivity (Wildman–Crippen MR) is 37.1 cm³/mol. The van der Waals surface area contributed by atoms with Crippen molar-refractivity contribution in [2.45, 2.75) is 0 Å². The lowest BCUT2D eigenvalue weighted by Crippen LogP contribution is -1.70. The van der Waals surface area contributed by atoms with E-state index < -0.39 is 0 Å². The van der Waals surface area contributed by atoms with Crippen molar-refractivity contribution in [2.75, 3.05) is 0 Å². The molecule has 1 aliphatic rings. The van der Waals surface area contributed by atoms with Crippen LogP contribution in [0.4, 0.5) is 0 Å². The molecule has 0 atom stereocenters. The zero-order valence-electron chi connectivity index (χ0n) is 4.32. The predicted octanol–water partition coefficient (Wildman–Crippen LogP) is 2.00. The summed E-state index contributed by atoms with van der Waals surface area (Å²) in [5.41, 5.74) is 0.321. The Morgan fingerprint density at radius 2 is 2.00 bits per heavy atom. The topological polar surface area (TPSA) is 17.1 Å². The average Bonchev–Trinajstić information content (AvgIpc) is 2.10. The highest BCUT2D eigenvalue weighted by Gasteiger charge is 2.08. The Labute approximate surface area is 62.3 Å². The Balaban J connectivity index is 3.10. The van der Waals surface area contributed by atoms with Crippen LogP contribution in [0.25, 0.3) is 0 Å². The Bertz CT molecular complexity index is 244. The highest BCUT2D eigenvalue weighted by Crippen LogP contribution is 2.26. The number of rotatable bonds is 0. The summed E-state index contributed by atoms with van der Waals surface area (Å²) in [6.07, 6.45) is 2.97. The first-order valence-corrected chi connectivity index (χ1v) is 2.99. The molecule has 1 nitrogen and oxygen atoms in total. The second kappa shape index (κ2) is 2.40. The molecule has 0 N–H and O–H groups in total. The molecule has 0 aromatic heterocycles. The molecule has 0 heterocycles. The number of allylic oxidation sites excluding steroid dienone is 5. The summed E-state index contributed by atoms with van der Waals surface area (Å²) < 4.78 is 0. The Morgan fingerprint density at radius 1 is 1.33 bits per heavy atom. The van der Waals surface area contributed by atoms with Crippen molar-refractivity contribution in [2.24, 2.45) is 0 Å². The van der Waals surface area contributed by atoms with Crippen LogP contribution in [0.15, 0.2) is 27.8 Å². The molecule has 0 bridgehead atoms. The lowest BCUT2D eigenvalue weighted by molar-refractivity contribution is 0.568. The molecule has 0 saturated carbocycles. The number of hydrogen-bond acceptors (Lipinski definition) is 1. The minimum absolute atomic E-state index is 0.321. The minimum Gasteiger partial charge on any atom is -0.233 e. The lowest BCUT2D eigenvalue weighted by Gasteiger charge is -1.80. The summed E-state index contributed by atoms with van der Waals surface area (Å²) in [7, 11) is 0. The van der Waals surface area contributed by atoms with Crippen molar-refractivity contribution in [3.8, 4) is 0 Å². The molecule has 0 aromatic carbocycles. The largest absolute Gasteiger partial charge is 0.233 e. The summed E-state index contributed by atoms with van der Waals surface area (Å²) in [4.78, 5) is 9.97. The van der Waals surface area contributed by atoms with Gasteiger partial charge in [-0.2, -0.15) is 0 Å². The first kappa shape index (κ1) is 6.63. The summed E-state index contributed by atoms with van der Waals surface area (Å²) in [5.74, 6) is 1.65.